The molecule has 1 rings (SSSR count). The van der Waals surface area contributed by atoms with Crippen LogP contribution in [0.3, 0.4) is 0 Å². The molecule has 0 amide bonds. The van der Waals surface area contributed by atoms with Gasteiger partial charge in [-0.05, 0) is 0 Å². The van der Waals surface area contributed by atoms with Crippen LogP contribution in [0.25, 0.3) is 0 Å². The second kappa shape index (κ2) is 3.70. The maximum Gasteiger partial charge on any atom is 0.362 e. The van der Waals surface area contributed by atoms with Gasteiger partial charge < -0.3 is 10.5 Å². The number of ether oxygens (including phenoxy) is 1. The summed E-state index contributed by atoms with van der Waals surface area (Å²) in [5, 5.41) is 7.21. The Morgan fingerprint density at radius 1 is 1.85 bits per heavy atom. The van der Waals surface area contributed by atoms with Crippen molar-refractivity contribution in [2.75, 3.05) is 12.8 Å². The first-order chi connectivity index (χ1) is 6.20. The summed E-state index contributed by atoms with van der Waals surface area (Å²) in [6.45, 7) is 3.92. The van der Waals surface area contributed by atoms with Gasteiger partial charge in [-0.25, -0.2) is 9.48 Å². The van der Waals surface area contributed by atoms with Crippen LogP contribution < -0.4 is 5.73 Å². The van der Waals surface area contributed by atoms with Gasteiger partial charge in [-0.15, -0.1) is 11.7 Å². The fourth-order valence-electron chi connectivity index (χ4n) is 0.820. The summed E-state index contributed by atoms with van der Waals surface area (Å²) in [5.41, 5.74) is 5.59. The van der Waals surface area contributed by atoms with Gasteiger partial charge in [0.2, 0.25) is 5.69 Å². The van der Waals surface area contributed by atoms with Gasteiger partial charge in [0.05, 0.1) is 13.7 Å². The lowest BCUT2D eigenvalue weighted by atomic mass is 10.4. The molecule has 1 aromatic rings. The van der Waals surface area contributed by atoms with Crippen molar-refractivity contribution in [1.29, 1.82) is 0 Å². The van der Waals surface area contributed by atoms with E-state index >= 15 is 0 Å². The third-order valence-corrected chi connectivity index (χ3v) is 1.45. The smallest absolute Gasteiger partial charge is 0.362 e. The number of esters is 1. The van der Waals surface area contributed by atoms with Gasteiger partial charge in [-0.2, -0.15) is 0 Å². The molecule has 0 spiro atoms. The molecule has 0 saturated carbocycles. The summed E-state index contributed by atoms with van der Waals surface area (Å²) >= 11 is 0. The monoisotopic (exact) mass is 182 g/mol. The van der Waals surface area contributed by atoms with E-state index in [-0.39, 0.29) is 11.5 Å². The van der Waals surface area contributed by atoms with Crippen LogP contribution in [-0.2, 0) is 11.3 Å². The molecule has 13 heavy (non-hydrogen) atoms. The molecule has 2 N–H and O–H groups in total. The van der Waals surface area contributed by atoms with Crippen LogP contribution in [0.1, 0.15) is 10.5 Å². The van der Waals surface area contributed by atoms with E-state index < -0.39 is 5.97 Å². The number of nitrogen functional groups attached to an aromatic ring is 1. The molecular formula is C7H10N4O2. The van der Waals surface area contributed by atoms with Crippen LogP contribution in [0.15, 0.2) is 12.7 Å². The number of carbonyl (C=O) groups excluding carboxylic acids is 1. The van der Waals surface area contributed by atoms with Gasteiger partial charge in [0, 0.05) is 0 Å². The van der Waals surface area contributed by atoms with E-state index in [9.17, 15) is 4.79 Å². The Hall–Kier alpha value is -1.85. The van der Waals surface area contributed by atoms with Crippen LogP contribution >= 0.6 is 0 Å². The summed E-state index contributed by atoms with van der Waals surface area (Å²) in [7, 11) is 1.26. The molecule has 0 aliphatic carbocycles. The first-order valence-electron chi connectivity index (χ1n) is 3.59. The molecule has 0 bridgehead atoms. The highest BCUT2D eigenvalue weighted by molar-refractivity contribution is 5.91. The molecule has 0 radical (unpaired) electrons. The number of nitrogens with zero attached hydrogens (tertiary/aromatic N) is 3. The van der Waals surface area contributed by atoms with Gasteiger partial charge in [0.1, 0.15) is 0 Å². The third kappa shape index (κ3) is 1.66. The standard InChI is InChI=1S/C7H10N4O2/c1-3-4-11-6(8)5(9-10-11)7(12)13-2/h3H,1,4,8H2,2H3. The molecule has 0 aliphatic heterocycles. The van der Waals surface area contributed by atoms with Gasteiger partial charge in [-0.3, -0.25) is 0 Å². The Bertz CT molecular complexity index is 331. The van der Waals surface area contributed by atoms with Crippen molar-refractivity contribution in [3.8, 4) is 0 Å². The largest absolute Gasteiger partial charge is 0.464 e. The molecule has 6 heteroatoms. The molecule has 0 aromatic carbocycles. The first kappa shape index (κ1) is 9.24. The number of anilines is 1. The van der Waals surface area contributed by atoms with Crippen LogP contribution in [0.5, 0.6) is 0 Å². The minimum absolute atomic E-state index is 0.0318. The summed E-state index contributed by atoms with van der Waals surface area (Å²) in [6, 6.07) is 0. The fraction of sp³-hybridized carbons (Fsp3) is 0.286. The second-order valence-electron chi connectivity index (χ2n) is 2.29. The van der Waals surface area contributed by atoms with Gasteiger partial charge in [0.15, 0.2) is 5.82 Å². The first-order valence-corrected chi connectivity index (χ1v) is 3.59. The van der Waals surface area contributed by atoms with Gasteiger partial charge in [0.25, 0.3) is 0 Å². The van der Waals surface area contributed by atoms with Crippen LogP contribution in [0.2, 0.25) is 0 Å². The number of hydrogen-bond donors (Lipinski definition) is 1. The van der Waals surface area contributed by atoms with E-state index in [4.69, 9.17) is 5.73 Å². The Labute approximate surface area is 75.0 Å². The van der Waals surface area contributed by atoms with E-state index in [1.165, 1.54) is 11.8 Å². The lowest BCUT2D eigenvalue weighted by molar-refractivity contribution is 0.0595. The number of aromatic nitrogens is 3. The van der Waals surface area contributed by atoms with Crippen molar-refractivity contribution in [1.82, 2.24) is 15.0 Å². The molecule has 0 atom stereocenters. The maximum atomic E-state index is 11.0. The summed E-state index contributed by atoms with van der Waals surface area (Å²) in [5.74, 6) is -0.403. The van der Waals surface area contributed by atoms with E-state index in [0.717, 1.165) is 0 Å². The molecule has 70 valence electrons. The average molecular weight is 182 g/mol. The lowest BCUT2D eigenvalue weighted by Gasteiger charge is -1.97. The van der Waals surface area contributed by atoms with Crippen molar-refractivity contribution >= 4 is 11.8 Å². The van der Waals surface area contributed by atoms with Crippen LogP contribution in [0.4, 0.5) is 5.82 Å². The number of carbonyl (C=O) groups is 1. The lowest BCUT2D eigenvalue weighted by Crippen LogP contribution is -2.08. The van der Waals surface area contributed by atoms with Crippen molar-refractivity contribution in [3.05, 3.63) is 18.3 Å². The highest BCUT2D eigenvalue weighted by Crippen LogP contribution is 2.08. The molecule has 0 unspecified atom stereocenters. The van der Waals surface area contributed by atoms with E-state index in [2.05, 4.69) is 21.6 Å². The Morgan fingerprint density at radius 2 is 2.54 bits per heavy atom. The zero-order valence-corrected chi connectivity index (χ0v) is 7.23. The highest BCUT2D eigenvalue weighted by Gasteiger charge is 2.16. The van der Waals surface area contributed by atoms with Crippen molar-refractivity contribution in [2.24, 2.45) is 0 Å². The molecule has 1 aromatic heterocycles. The summed E-state index contributed by atoms with van der Waals surface area (Å²) in [4.78, 5) is 11.0. The number of hydrogen-bond acceptors (Lipinski definition) is 5. The quantitative estimate of drug-likeness (QED) is 0.518. The Balaban J connectivity index is 2.98. The zero-order valence-electron chi connectivity index (χ0n) is 7.23. The summed E-state index contributed by atoms with van der Waals surface area (Å²) < 4.78 is 5.81. The summed E-state index contributed by atoms with van der Waals surface area (Å²) in [6.07, 6.45) is 1.60. The number of rotatable bonds is 3. The van der Waals surface area contributed by atoms with Crippen LogP contribution in [-0.4, -0.2) is 28.1 Å². The maximum absolute atomic E-state index is 11.0. The van der Waals surface area contributed by atoms with Gasteiger partial charge in [-0.1, -0.05) is 11.3 Å². The minimum atomic E-state index is -0.590. The predicted molar refractivity (Wildman–Crippen MR) is 46.0 cm³/mol. The SMILES string of the molecule is C=CCn1nnc(C(=O)OC)c1N. The minimum Gasteiger partial charge on any atom is -0.464 e. The molecule has 1 heterocycles. The van der Waals surface area contributed by atoms with E-state index in [1.54, 1.807) is 6.08 Å². The highest BCUT2D eigenvalue weighted by atomic mass is 16.5. The van der Waals surface area contributed by atoms with E-state index in [0.29, 0.717) is 6.54 Å². The van der Waals surface area contributed by atoms with Crippen molar-refractivity contribution < 1.29 is 9.53 Å². The van der Waals surface area contributed by atoms with Crippen LogP contribution in [0, 0.1) is 0 Å². The van der Waals surface area contributed by atoms with Gasteiger partial charge >= 0.3 is 5.97 Å². The topological polar surface area (TPSA) is 83.0 Å². The molecule has 0 aliphatic rings. The van der Waals surface area contributed by atoms with E-state index in [1.807, 2.05) is 0 Å². The fourth-order valence-corrected chi connectivity index (χ4v) is 0.820. The second-order valence-corrected chi connectivity index (χ2v) is 2.29. The number of methoxy groups -OCH3 is 1. The molecular weight excluding hydrogens is 172 g/mol. The average Bonchev–Trinajstić information content (AvgIpc) is 2.48. The number of allylic oxidation sites excluding steroid dienone is 1. The van der Waals surface area contributed by atoms with Crippen molar-refractivity contribution in [3.63, 3.8) is 0 Å². The normalized spacial score (nSPS) is 9.62. The predicted octanol–water partition coefficient (Wildman–Crippen LogP) is -0.167. The zero-order chi connectivity index (χ0) is 9.84. The third-order valence-electron chi connectivity index (χ3n) is 1.45. The molecule has 0 saturated heterocycles. The Kier molecular flexibility index (Phi) is 2.63. The molecule has 6 nitrogen and oxygen atoms in total. The molecule has 0 fully saturated rings. The number of nitrogens with two attached hydrogens (primary N) is 1. The van der Waals surface area contributed by atoms with Crippen molar-refractivity contribution in [2.45, 2.75) is 6.54 Å². The Morgan fingerprint density at radius 3 is 3.08 bits per heavy atom.